The standard InChI is InChI=1S/C17H13ClFNO3/c1-22-14-5-6-15(23-2)16-11(14)7-8-20(17(16)21)10-3-4-13(19)12(18)9-10/h3-9H,1-2H3. The zero-order valence-corrected chi connectivity index (χ0v) is 13.2. The molecule has 0 aliphatic heterocycles. The first-order valence-electron chi connectivity index (χ1n) is 6.78. The number of rotatable bonds is 3. The van der Waals surface area contributed by atoms with Crippen molar-refractivity contribution >= 4 is 22.4 Å². The predicted molar refractivity (Wildman–Crippen MR) is 87.6 cm³/mol. The summed E-state index contributed by atoms with van der Waals surface area (Å²) in [5, 5.41) is 0.975. The Morgan fingerprint density at radius 3 is 2.39 bits per heavy atom. The van der Waals surface area contributed by atoms with Gasteiger partial charge in [0.15, 0.2) is 0 Å². The number of methoxy groups -OCH3 is 2. The van der Waals surface area contributed by atoms with Gasteiger partial charge in [0.25, 0.3) is 5.56 Å². The van der Waals surface area contributed by atoms with Crippen LogP contribution in [0.4, 0.5) is 4.39 Å². The van der Waals surface area contributed by atoms with Crippen molar-refractivity contribution in [3.05, 3.63) is 63.8 Å². The van der Waals surface area contributed by atoms with Gasteiger partial charge in [-0.2, -0.15) is 0 Å². The van der Waals surface area contributed by atoms with Crippen molar-refractivity contribution in [2.24, 2.45) is 0 Å². The normalized spacial score (nSPS) is 10.8. The number of halogens is 2. The molecule has 3 rings (SSSR count). The van der Waals surface area contributed by atoms with E-state index in [9.17, 15) is 9.18 Å². The maximum atomic E-state index is 13.3. The van der Waals surface area contributed by atoms with Crippen molar-refractivity contribution in [3.8, 4) is 17.2 Å². The van der Waals surface area contributed by atoms with Crippen LogP contribution in [0.1, 0.15) is 0 Å². The third-order valence-electron chi connectivity index (χ3n) is 3.61. The molecule has 0 bridgehead atoms. The van der Waals surface area contributed by atoms with Crippen LogP contribution < -0.4 is 15.0 Å². The van der Waals surface area contributed by atoms with Gasteiger partial charge in [0.2, 0.25) is 0 Å². The summed E-state index contributed by atoms with van der Waals surface area (Å²) in [6, 6.07) is 9.26. The van der Waals surface area contributed by atoms with E-state index in [2.05, 4.69) is 0 Å². The van der Waals surface area contributed by atoms with Crippen LogP contribution in [-0.2, 0) is 0 Å². The maximum absolute atomic E-state index is 13.3. The Bertz CT molecular complexity index is 952. The van der Waals surface area contributed by atoms with Crippen molar-refractivity contribution in [2.75, 3.05) is 14.2 Å². The number of fused-ring (bicyclic) bond motifs is 1. The quantitative estimate of drug-likeness (QED) is 0.732. The second kappa shape index (κ2) is 5.93. The minimum Gasteiger partial charge on any atom is -0.496 e. The van der Waals surface area contributed by atoms with Gasteiger partial charge in [-0.25, -0.2) is 4.39 Å². The van der Waals surface area contributed by atoms with Gasteiger partial charge in [0.1, 0.15) is 17.3 Å². The topological polar surface area (TPSA) is 40.5 Å². The average molecular weight is 334 g/mol. The number of benzene rings is 2. The summed E-state index contributed by atoms with van der Waals surface area (Å²) in [6.07, 6.45) is 1.59. The Hall–Kier alpha value is -2.53. The Morgan fingerprint density at radius 2 is 1.74 bits per heavy atom. The molecule has 1 aromatic heterocycles. The smallest absolute Gasteiger partial charge is 0.266 e. The Kier molecular flexibility index (Phi) is 3.96. The lowest BCUT2D eigenvalue weighted by Gasteiger charge is -2.12. The second-order valence-electron chi connectivity index (χ2n) is 4.85. The molecule has 0 aliphatic carbocycles. The van der Waals surface area contributed by atoms with Gasteiger partial charge in [0.05, 0.1) is 30.3 Å². The first kappa shape index (κ1) is 15.4. The highest BCUT2D eigenvalue weighted by molar-refractivity contribution is 6.30. The number of pyridine rings is 1. The van der Waals surface area contributed by atoms with E-state index in [4.69, 9.17) is 21.1 Å². The molecule has 1 heterocycles. The van der Waals surface area contributed by atoms with Crippen LogP contribution in [0.3, 0.4) is 0 Å². The van der Waals surface area contributed by atoms with Crippen LogP contribution in [0, 0.1) is 5.82 Å². The number of aromatic nitrogens is 1. The number of hydrogen-bond donors (Lipinski definition) is 0. The molecule has 0 spiro atoms. The van der Waals surface area contributed by atoms with Crippen LogP contribution >= 0.6 is 11.6 Å². The molecular weight excluding hydrogens is 321 g/mol. The van der Waals surface area contributed by atoms with E-state index in [0.29, 0.717) is 28.0 Å². The largest absolute Gasteiger partial charge is 0.496 e. The molecule has 2 aromatic carbocycles. The number of hydrogen-bond acceptors (Lipinski definition) is 3. The third-order valence-corrected chi connectivity index (χ3v) is 3.90. The monoisotopic (exact) mass is 333 g/mol. The molecule has 0 atom stereocenters. The van der Waals surface area contributed by atoms with Gasteiger partial charge in [0, 0.05) is 11.6 Å². The van der Waals surface area contributed by atoms with Crippen LogP contribution in [0.25, 0.3) is 16.5 Å². The van der Waals surface area contributed by atoms with Crippen molar-refractivity contribution in [2.45, 2.75) is 0 Å². The molecule has 3 aromatic rings. The lowest BCUT2D eigenvalue weighted by atomic mass is 10.1. The molecule has 0 amide bonds. The fraction of sp³-hybridized carbons (Fsp3) is 0.118. The molecule has 0 unspecified atom stereocenters. The van der Waals surface area contributed by atoms with Crippen LogP contribution in [0.15, 0.2) is 47.4 Å². The lowest BCUT2D eigenvalue weighted by molar-refractivity contribution is 0.410. The third kappa shape index (κ3) is 2.53. The van der Waals surface area contributed by atoms with Crippen molar-refractivity contribution in [1.29, 1.82) is 0 Å². The van der Waals surface area contributed by atoms with Crippen LogP contribution in [-0.4, -0.2) is 18.8 Å². The first-order valence-corrected chi connectivity index (χ1v) is 7.16. The predicted octanol–water partition coefficient (Wildman–Crippen LogP) is 3.80. The highest BCUT2D eigenvalue weighted by atomic mass is 35.5. The second-order valence-corrected chi connectivity index (χ2v) is 5.26. The Labute approximate surface area is 136 Å². The summed E-state index contributed by atoms with van der Waals surface area (Å²) in [5.41, 5.74) is 0.161. The van der Waals surface area contributed by atoms with Gasteiger partial charge >= 0.3 is 0 Å². The number of nitrogens with zero attached hydrogens (tertiary/aromatic N) is 1. The Balaban J connectivity index is 2.34. The first-order chi connectivity index (χ1) is 11.1. The summed E-state index contributed by atoms with van der Waals surface area (Å²) >= 11 is 5.81. The molecule has 23 heavy (non-hydrogen) atoms. The fourth-order valence-electron chi connectivity index (χ4n) is 2.49. The molecule has 6 heteroatoms. The lowest BCUT2D eigenvalue weighted by Crippen LogP contribution is -2.18. The van der Waals surface area contributed by atoms with E-state index < -0.39 is 5.82 Å². The van der Waals surface area contributed by atoms with E-state index in [1.807, 2.05) is 0 Å². The Morgan fingerprint density at radius 1 is 1.04 bits per heavy atom. The van der Waals surface area contributed by atoms with E-state index in [1.54, 1.807) is 24.4 Å². The molecule has 4 nitrogen and oxygen atoms in total. The molecule has 0 N–H and O–H groups in total. The molecule has 0 radical (unpaired) electrons. The summed E-state index contributed by atoms with van der Waals surface area (Å²) < 4.78 is 25.3. The van der Waals surface area contributed by atoms with Gasteiger partial charge in [-0.1, -0.05) is 11.6 Å². The summed E-state index contributed by atoms with van der Waals surface area (Å²) in [7, 11) is 3.03. The summed E-state index contributed by atoms with van der Waals surface area (Å²) in [4.78, 5) is 12.9. The van der Waals surface area contributed by atoms with Gasteiger partial charge < -0.3 is 9.47 Å². The summed E-state index contributed by atoms with van der Waals surface area (Å²) in [5.74, 6) is 0.471. The van der Waals surface area contributed by atoms with E-state index in [1.165, 1.54) is 37.0 Å². The van der Waals surface area contributed by atoms with Crippen molar-refractivity contribution < 1.29 is 13.9 Å². The SMILES string of the molecule is COc1ccc(OC)c2c(=O)n(-c3ccc(F)c(Cl)c3)ccc12. The van der Waals surface area contributed by atoms with Crippen LogP contribution in [0.2, 0.25) is 5.02 Å². The van der Waals surface area contributed by atoms with E-state index >= 15 is 0 Å². The molecule has 118 valence electrons. The molecule has 0 aliphatic rings. The van der Waals surface area contributed by atoms with Crippen molar-refractivity contribution in [3.63, 3.8) is 0 Å². The molecule has 0 fully saturated rings. The van der Waals surface area contributed by atoms with E-state index in [0.717, 1.165) is 0 Å². The highest BCUT2D eigenvalue weighted by Crippen LogP contribution is 2.31. The van der Waals surface area contributed by atoms with Gasteiger partial charge in [-0.15, -0.1) is 0 Å². The highest BCUT2D eigenvalue weighted by Gasteiger charge is 2.14. The maximum Gasteiger partial charge on any atom is 0.266 e. The van der Waals surface area contributed by atoms with Gasteiger partial charge in [-0.3, -0.25) is 9.36 Å². The molecule has 0 saturated heterocycles. The minimum absolute atomic E-state index is 0.0490. The van der Waals surface area contributed by atoms with E-state index in [-0.39, 0.29) is 10.6 Å². The van der Waals surface area contributed by atoms with Crippen LogP contribution in [0.5, 0.6) is 11.5 Å². The average Bonchev–Trinajstić information content (AvgIpc) is 2.57. The zero-order chi connectivity index (χ0) is 16.6. The molecular formula is C17H13ClFNO3. The number of ether oxygens (including phenoxy) is 2. The minimum atomic E-state index is -0.538. The zero-order valence-electron chi connectivity index (χ0n) is 12.5. The summed E-state index contributed by atoms with van der Waals surface area (Å²) in [6.45, 7) is 0. The molecule has 0 saturated carbocycles. The fourth-order valence-corrected chi connectivity index (χ4v) is 2.66. The van der Waals surface area contributed by atoms with Gasteiger partial charge in [-0.05, 0) is 36.4 Å². The van der Waals surface area contributed by atoms with Crippen molar-refractivity contribution in [1.82, 2.24) is 4.57 Å².